The number of piperidine rings is 1. The van der Waals surface area contributed by atoms with Gasteiger partial charge in [0.25, 0.3) is 0 Å². The van der Waals surface area contributed by atoms with E-state index in [-0.39, 0.29) is 41.9 Å². The van der Waals surface area contributed by atoms with Gasteiger partial charge in [-0.25, -0.2) is 18.0 Å². The Morgan fingerprint density at radius 3 is 2.15 bits per heavy atom. The topological polar surface area (TPSA) is 46.6 Å². The molecule has 0 spiro atoms. The summed E-state index contributed by atoms with van der Waals surface area (Å²) in [6, 6.07) is 1.05. The van der Waals surface area contributed by atoms with Gasteiger partial charge in [-0.3, -0.25) is 4.79 Å². The van der Waals surface area contributed by atoms with Crippen molar-refractivity contribution in [3.05, 3.63) is 35.1 Å². The molecule has 0 aromatic heterocycles. The molecule has 0 aliphatic carbocycles. The van der Waals surface area contributed by atoms with E-state index >= 15 is 0 Å². The maximum atomic E-state index is 13.8. The highest BCUT2D eigenvalue weighted by atomic mass is 19.2. The van der Waals surface area contributed by atoms with E-state index in [4.69, 9.17) is 4.74 Å². The molecule has 2 fully saturated rings. The molecular weight excluding hydrogens is 359 g/mol. The van der Waals surface area contributed by atoms with E-state index < -0.39 is 23.1 Å². The summed E-state index contributed by atoms with van der Waals surface area (Å²) < 4.78 is 45.7. The fourth-order valence-electron chi connectivity index (χ4n) is 4.08. The van der Waals surface area contributed by atoms with E-state index in [0.29, 0.717) is 18.9 Å². The van der Waals surface area contributed by atoms with E-state index in [1.807, 2.05) is 0 Å². The Kier molecular flexibility index (Phi) is 5.23. The molecule has 1 aromatic rings. The Morgan fingerprint density at radius 1 is 1.04 bits per heavy atom. The van der Waals surface area contributed by atoms with Gasteiger partial charge in [-0.1, -0.05) is 0 Å². The molecule has 2 saturated heterocycles. The van der Waals surface area contributed by atoms with Crippen molar-refractivity contribution in [3.8, 4) is 0 Å². The summed E-state index contributed by atoms with van der Waals surface area (Å²) in [5.74, 6) is -3.89. The normalized spacial score (nSPS) is 24.8. The minimum absolute atomic E-state index is 0.0812. The Hall–Kier alpha value is -2.05. The zero-order chi connectivity index (χ0) is 19.9. The molecule has 148 valence electrons. The Bertz CT molecular complexity index is 746. The molecule has 4 nitrogen and oxygen atoms in total. The predicted octanol–water partition coefficient (Wildman–Crippen LogP) is 4.39. The van der Waals surface area contributed by atoms with Gasteiger partial charge >= 0.3 is 6.09 Å². The zero-order valence-electron chi connectivity index (χ0n) is 15.7. The molecule has 2 aliphatic rings. The fraction of sp³-hybridized carbons (Fsp3) is 0.600. The van der Waals surface area contributed by atoms with Crippen molar-refractivity contribution in [2.24, 2.45) is 5.92 Å². The number of amides is 1. The summed E-state index contributed by atoms with van der Waals surface area (Å²) in [7, 11) is 0. The van der Waals surface area contributed by atoms with Gasteiger partial charge in [0.05, 0.1) is 0 Å². The first-order valence-corrected chi connectivity index (χ1v) is 9.22. The molecule has 1 aromatic carbocycles. The number of carbonyl (C=O) groups excluding carboxylic acids is 2. The SMILES string of the molecule is CC(C)(C)OC(=O)N1C2CCC1CC(C(=O)Cc1cc(F)c(F)cc1F)C2. The van der Waals surface area contributed by atoms with Crippen LogP contribution in [0, 0.1) is 23.4 Å². The van der Waals surface area contributed by atoms with Gasteiger partial charge in [0.2, 0.25) is 0 Å². The van der Waals surface area contributed by atoms with Crippen LogP contribution in [0.2, 0.25) is 0 Å². The number of hydrogen-bond donors (Lipinski definition) is 0. The largest absolute Gasteiger partial charge is 0.444 e. The first kappa shape index (κ1) is 19.7. The average Bonchev–Trinajstić information content (AvgIpc) is 2.81. The number of Topliss-reactive ketones (excluding diaryl/α,β-unsaturated/α-hetero) is 1. The zero-order valence-corrected chi connectivity index (χ0v) is 15.7. The second kappa shape index (κ2) is 7.17. The van der Waals surface area contributed by atoms with Crippen molar-refractivity contribution >= 4 is 11.9 Å². The highest BCUT2D eigenvalue weighted by Crippen LogP contribution is 2.40. The predicted molar refractivity (Wildman–Crippen MR) is 92.6 cm³/mol. The molecule has 3 rings (SSSR count). The van der Waals surface area contributed by atoms with Gasteiger partial charge < -0.3 is 9.64 Å². The maximum absolute atomic E-state index is 13.8. The van der Waals surface area contributed by atoms with E-state index in [0.717, 1.165) is 18.9 Å². The summed E-state index contributed by atoms with van der Waals surface area (Å²) in [4.78, 5) is 26.8. The molecule has 0 radical (unpaired) electrons. The first-order valence-electron chi connectivity index (χ1n) is 9.22. The standard InChI is InChI=1S/C20H24F3NO3/c1-20(2,3)27-19(26)24-13-4-5-14(24)7-12(6-13)18(25)9-11-8-16(22)17(23)10-15(11)21/h8,10,12-14H,4-7,9H2,1-3H3. The third-order valence-corrected chi connectivity index (χ3v) is 5.25. The summed E-state index contributed by atoms with van der Waals surface area (Å²) >= 11 is 0. The Morgan fingerprint density at radius 2 is 1.59 bits per heavy atom. The molecular formula is C20H24F3NO3. The van der Waals surface area contributed by atoms with Crippen molar-refractivity contribution < 1.29 is 27.5 Å². The average molecular weight is 383 g/mol. The molecule has 7 heteroatoms. The van der Waals surface area contributed by atoms with Gasteiger partial charge in [-0.2, -0.15) is 0 Å². The number of rotatable bonds is 3. The van der Waals surface area contributed by atoms with Gasteiger partial charge in [0.1, 0.15) is 17.2 Å². The summed E-state index contributed by atoms with van der Waals surface area (Å²) in [5.41, 5.74) is -0.728. The van der Waals surface area contributed by atoms with Crippen LogP contribution in [-0.4, -0.2) is 34.5 Å². The third-order valence-electron chi connectivity index (χ3n) is 5.25. The Balaban J connectivity index is 1.67. The number of hydrogen-bond acceptors (Lipinski definition) is 3. The molecule has 27 heavy (non-hydrogen) atoms. The molecule has 2 heterocycles. The van der Waals surface area contributed by atoms with Crippen molar-refractivity contribution in [2.45, 2.75) is 70.6 Å². The molecule has 2 unspecified atom stereocenters. The van der Waals surface area contributed by atoms with Gasteiger partial charge in [0.15, 0.2) is 11.6 Å². The second-order valence-electron chi connectivity index (χ2n) is 8.44. The minimum atomic E-state index is -1.27. The van der Waals surface area contributed by atoms with Crippen molar-refractivity contribution in [3.63, 3.8) is 0 Å². The van der Waals surface area contributed by atoms with E-state index in [1.54, 1.807) is 25.7 Å². The van der Waals surface area contributed by atoms with Crippen molar-refractivity contribution in [1.82, 2.24) is 4.90 Å². The number of carbonyl (C=O) groups is 2. The number of benzene rings is 1. The van der Waals surface area contributed by atoms with Crippen molar-refractivity contribution in [1.29, 1.82) is 0 Å². The summed E-state index contributed by atoms with van der Waals surface area (Å²) in [6.07, 6.45) is 1.92. The van der Waals surface area contributed by atoms with Crippen molar-refractivity contribution in [2.75, 3.05) is 0 Å². The molecule has 2 bridgehead atoms. The molecule has 2 aliphatic heterocycles. The van der Waals surface area contributed by atoms with E-state index in [1.165, 1.54) is 0 Å². The highest BCUT2D eigenvalue weighted by Gasteiger charge is 2.46. The lowest BCUT2D eigenvalue weighted by molar-refractivity contribution is -0.124. The van der Waals surface area contributed by atoms with Gasteiger partial charge in [0, 0.05) is 30.5 Å². The van der Waals surface area contributed by atoms with Gasteiger partial charge in [-0.05, 0) is 58.1 Å². The molecule has 2 atom stereocenters. The summed E-state index contributed by atoms with van der Waals surface area (Å²) in [6.45, 7) is 5.42. The van der Waals surface area contributed by atoms with Crippen LogP contribution in [0.25, 0.3) is 0 Å². The van der Waals surface area contributed by atoms with Gasteiger partial charge in [-0.15, -0.1) is 0 Å². The lowest BCUT2D eigenvalue weighted by Gasteiger charge is -2.39. The van der Waals surface area contributed by atoms with E-state index in [9.17, 15) is 22.8 Å². The van der Waals surface area contributed by atoms with Crippen LogP contribution < -0.4 is 0 Å². The number of nitrogens with zero attached hydrogens (tertiary/aromatic N) is 1. The van der Waals surface area contributed by atoms with Crippen LogP contribution in [-0.2, 0) is 16.0 Å². The number of halogens is 3. The monoisotopic (exact) mass is 383 g/mol. The first-order chi connectivity index (χ1) is 12.5. The smallest absolute Gasteiger partial charge is 0.410 e. The number of ether oxygens (including phenoxy) is 1. The summed E-state index contributed by atoms with van der Waals surface area (Å²) in [5, 5.41) is 0. The number of fused-ring (bicyclic) bond motifs is 2. The minimum Gasteiger partial charge on any atom is -0.444 e. The van der Waals surface area contributed by atoms with E-state index in [2.05, 4.69) is 0 Å². The fourth-order valence-corrected chi connectivity index (χ4v) is 4.08. The number of ketones is 1. The Labute approximate surface area is 156 Å². The third kappa shape index (κ3) is 4.28. The molecule has 0 saturated carbocycles. The highest BCUT2D eigenvalue weighted by molar-refractivity contribution is 5.84. The molecule has 1 amide bonds. The van der Waals surface area contributed by atoms with Crippen LogP contribution in [0.4, 0.5) is 18.0 Å². The molecule has 0 N–H and O–H groups in total. The van der Waals surface area contributed by atoms with Crippen LogP contribution >= 0.6 is 0 Å². The van der Waals surface area contributed by atoms with Crippen LogP contribution in [0.5, 0.6) is 0 Å². The van der Waals surface area contributed by atoms with Crippen LogP contribution in [0.1, 0.15) is 52.0 Å². The lowest BCUT2D eigenvalue weighted by Crippen LogP contribution is -2.49. The maximum Gasteiger partial charge on any atom is 0.410 e. The quantitative estimate of drug-likeness (QED) is 0.727. The van der Waals surface area contributed by atoms with Crippen LogP contribution in [0.15, 0.2) is 12.1 Å². The lowest BCUT2D eigenvalue weighted by atomic mass is 9.85. The second-order valence-corrected chi connectivity index (χ2v) is 8.44. The van der Waals surface area contributed by atoms with Crippen LogP contribution in [0.3, 0.4) is 0 Å².